The first-order valence-electron chi connectivity index (χ1n) is 18.8. The molecule has 0 fully saturated rings. The van der Waals surface area contributed by atoms with Gasteiger partial charge in [0.1, 0.15) is 5.58 Å². The van der Waals surface area contributed by atoms with Crippen LogP contribution in [-0.4, -0.2) is 0 Å². The molecule has 0 atom stereocenters. The minimum atomic E-state index is -0.0609. The molecule has 54 heavy (non-hydrogen) atoms. The molecule has 0 N–H and O–H groups in total. The van der Waals surface area contributed by atoms with Crippen molar-refractivity contribution < 1.29 is 4.42 Å². The summed E-state index contributed by atoms with van der Waals surface area (Å²) in [6, 6.07) is 66.0. The average Bonchev–Trinajstić information content (AvgIpc) is 3.60. The summed E-state index contributed by atoms with van der Waals surface area (Å²) in [4.78, 5) is 2.34. The Labute approximate surface area is 315 Å². The number of benzene rings is 9. The molecule has 0 radical (unpaired) electrons. The Hall–Kier alpha value is -6.64. The van der Waals surface area contributed by atoms with Crippen molar-refractivity contribution in [2.24, 2.45) is 0 Å². The van der Waals surface area contributed by atoms with E-state index in [4.69, 9.17) is 4.42 Å². The fourth-order valence-corrected chi connectivity index (χ4v) is 8.25. The molecule has 9 aromatic carbocycles. The Morgan fingerprint density at radius 3 is 1.67 bits per heavy atom. The molecule has 0 unspecified atom stereocenters. The molecule has 0 aliphatic heterocycles. The van der Waals surface area contributed by atoms with Crippen molar-refractivity contribution in [3.05, 3.63) is 188 Å². The van der Waals surface area contributed by atoms with E-state index < -0.39 is 0 Å². The molecule has 0 bridgehead atoms. The second-order valence-corrected chi connectivity index (χ2v) is 15.4. The van der Waals surface area contributed by atoms with Gasteiger partial charge in [0.25, 0.3) is 0 Å². The third-order valence-corrected chi connectivity index (χ3v) is 11.0. The van der Waals surface area contributed by atoms with Gasteiger partial charge in [0.15, 0.2) is 5.58 Å². The largest absolute Gasteiger partial charge is 0.454 e. The van der Waals surface area contributed by atoms with Crippen molar-refractivity contribution in [2.45, 2.75) is 26.2 Å². The van der Waals surface area contributed by atoms with Crippen LogP contribution in [0.4, 0.5) is 17.1 Å². The molecule has 0 saturated heterocycles. The highest BCUT2D eigenvalue weighted by molar-refractivity contribution is 6.14. The highest BCUT2D eigenvalue weighted by Crippen LogP contribution is 2.45. The summed E-state index contributed by atoms with van der Waals surface area (Å²) in [5, 5.41) is 9.80. The molecule has 0 aliphatic rings. The van der Waals surface area contributed by atoms with Gasteiger partial charge in [-0.2, -0.15) is 0 Å². The van der Waals surface area contributed by atoms with Gasteiger partial charge >= 0.3 is 0 Å². The summed E-state index contributed by atoms with van der Waals surface area (Å²) in [7, 11) is 0. The molecule has 258 valence electrons. The van der Waals surface area contributed by atoms with Gasteiger partial charge in [0.05, 0.1) is 5.69 Å². The molecule has 10 aromatic rings. The van der Waals surface area contributed by atoms with Crippen LogP contribution in [0.15, 0.2) is 186 Å². The SMILES string of the molecule is CC(C)(C)c1cccc2c1oc1c(N(c3ccc(-c4ccc5ccccc5c4)cc3)c3ccc(-c4cc5ccccc5c5ccccc45)cc3)cccc12. The molecule has 0 spiro atoms. The normalized spacial score (nSPS) is 12.0. The monoisotopic (exact) mass is 693 g/mol. The molecule has 10 rings (SSSR count). The van der Waals surface area contributed by atoms with Gasteiger partial charge in [-0.05, 0) is 102 Å². The summed E-state index contributed by atoms with van der Waals surface area (Å²) in [6.07, 6.45) is 0. The number of fused-ring (bicyclic) bond motifs is 7. The van der Waals surface area contributed by atoms with Crippen molar-refractivity contribution in [1.82, 2.24) is 0 Å². The highest BCUT2D eigenvalue weighted by Gasteiger charge is 2.24. The lowest BCUT2D eigenvalue weighted by Gasteiger charge is -2.26. The maximum atomic E-state index is 6.94. The number of furan rings is 1. The minimum absolute atomic E-state index is 0.0609. The second kappa shape index (κ2) is 12.5. The van der Waals surface area contributed by atoms with Crippen molar-refractivity contribution >= 4 is 71.3 Å². The lowest BCUT2D eigenvalue weighted by Crippen LogP contribution is -2.11. The van der Waals surface area contributed by atoms with E-state index in [2.05, 4.69) is 208 Å². The predicted octanol–water partition coefficient (Wildman–Crippen LogP) is 15.1. The van der Waals surface area contributed by atoms with Crippen LogP contribution in [0.1, 0.15) is 26.3 Å². The van der Waals surface area contributed by atoms with E-state index in [1.54, 1.807) is 0 Å². The standard InChI is InChI=1S/C52H39NO/c1-52(2,3)48-20-10-18-45-46-19-11-21-49(51(46)54-50(45)48)53(40-28-24-35(25-29-40)38-23-22-34-12-4-5-13-37(34)32-38)41-30-26-36(27-31-41)47-33-39-14-6-7-15-42(39)43-16-8-9-17-44(43)47/h4-33H,1-3H3. The molecule has 0 saturated carbocycles. The van der Waals surface area contributed by atoms with Crippen molar-refractivity contribution in [3.8, 4) is 22.3 Å². The first-order chi connectivity index (χ1) is 26.4. The Morgan fingerprint density at radius 2 is 0.944 bits per heavy atom. The quantitative estimate of drug-likeness (QED) is 0.167. The van der Waals surface area contributed by atoms with Gasteiger partial charge in [0.2, 0.25) is 0 Å². The number of para-hydroxylation sites is 2. The predicted molar refractivity (Wildman–Crippen MR) is 230 cm³/mol. The highest BCUT2D eigenvalue weighted by atomic mass is 16.3. The zero-order valence-electron chi connectivity index (χ0n) is 30.7. The van der Waals surface area contributed by atoms with Crippen LogP contribution >= 0.6 is 0 Å². The van der Waals surface area contributed by atoms with Crippen molar-refractivity contribution in [3.63, 3.8) is 0 Å². The average molecular weight is 694 g/mol. The van der Waals surface area contributed by atoms with Crippen LogP contribution in [-0.2, 0) is 5.41 Å². The summed E-state index contributed by atoms with van der Waals surface area (Å²) >= 11 is 0. The van der Waals surface area contributed by atoms with E-state index in [0.717, 1.165) is 39.0 Å². The van der Waals surface area contributed by atoms with Gasteiger partial charge in [-0.3, -0.25) is 0 Å². The van der Waals surface area contributed by atoms with Gasteiger partial charge < -0.3 is 9.32 Å². The molecular weight excluding hydrogens is 655 g/mol. The maximum absolute atomic E-state index is 6.94. The lowest BCUT2D eigenvalue weighted by atomic mass is 9.86. The number of anilines is 3. The number of hydrogen-bond donors (Lipinski definition) is 0. The van der Waals surface area contributed by atoms with E-state index in [1.165, 1.54) is 60.1 Å². The zero-order valence-corrected chi connectivity index (χ0v) is 30.7. The lowest BCUT2D eigenvalue weighted by molar-refractivity contribution is 0.573. The number of rotatable bonds is 5. The first-order valence-corrected chi connectivity index (χ1v) is 18.8. The fourth-order valence-electron chi connectivity index (χ4n) is 8.25. The van der Waals surface area contributed by atoms with Crippen LogP contribution in [0.25, 0.3) is 76.5 Å². The van der Waals surface area contributed by atoms with Crippen LogP contribution in [0, 0.1) is 0 Å². The van der Waals surface area contributed by atoms with E-state index in [-0.39, 0.29) is 5.41 Å². The third kappa shape index (κ3) is 5.33. The van der Waals surface area contributed by atoms with Crippen LogP contribution < -0.4 is 4.90 Å². The van der Waals surface area contributed by atoms with E-state index in [0.29, 0.717) is 0 Å². The summed E-state index contributed by atoms with van der Waals surface area (Å²) in [6.45, 7) is 6.75. The third-order valence-electron chi connectivity index (χ3n) is 11.0. The van der Waals surface area contributed by atoms with Crippen LogP contribution in [0.3, 0.4) is 0 Å². The van der Waals surface area contributed by atoms with Gasteiger partial charge in [-0.25, -0.2) is 0 Å². The Kier molecular flexibility index (Phi) is 7.42. The van der Waals surface area contributed by atoms with Crippen molar-refractivity contribution in [1.29, 1.82) is 0 Å². The van der Waals surface area contributed by atoms with E-state index >= 15 is 0 Å². The summed E-state index contributed by atoms with van der Waals surface area (Å²) < 4.78 is 6.94. The van der Waals surface area contributed by atoms with E-state index in [1.807, 2.05) is 0 Å². The number of nitrogens with zero attached hydrogens (tertiary/aromatic N) is 1. The molecule has 1 aromatic heterocycles. The van der Waals surface area contributed by atoms with E-state index in [9.17, 15) is 0 Å². The Morgan fingerprint density at radius 1 is 0.389 bits per heavy atom. The van der Waals surface area contributed by atoms with Gasteiger partial charge in [-0.15, -0.1) is 0 Å². The molecule has 1 heterocycles. The minimum Gasteiger partial charge on any atom is -0.454 e. The van der Waals surface area contributed by atoms with Crippen molar-refractivity contribution in [2.75, 3.05) is 4.90 Å². The molecular formula is C52H39NO. The molecule has 2 heteroatoms. The fraction of sp³-hybridized carbons (Fsp3) is 0.0769. The smallest absolute Gasteiger partial charge is 0.159 e. The molecule has 0 aliphatic carbocycles. The van der Waals surface area contributed by atoms with Crippen LogP contribution in [0.2, 0.25) is 0 Å². The summed E-state index contributed by atoms with van der Waals surface area (Å²) in [5.41, 5.74) is 10.9. The van der Waals surface area contributed by atoms with Gasteiger partial charge in [0, 0.05) is 27.7 Å². The Balaban J connectivity index is 1.14. The maximum Gasteiger partial charge on any atom is 0.159 e. The van der Waals surface area contributed by atoms with Gasteiger partial charge in [-0.1, -0.05) is 160 Å². The summed E-state index contributed by atoms with van der Waals surface area (Å²) in [5.74, 6) is 0. The topological polar surface area (TPSA) is 16.4 Å². The molecule has 0 amide bonds. The Bertz CT molecular complexity index is 3020. The second-order valence-electron chi connectivity index (χ2n) is 15.4. The zero-order chi connectivity index (χ0) is 36.4. The molecule has 2 nitrogen and oxygen atoms in total. The first kappa shape index (κ1) is 32.0. The van der Waals surface area contributed by atoms with Crippen LogP contribution in [0.5, 0.6) is 0 Å². The number of hydrogen-bond acceptors (Lipinski definition) is 2.